The predicted octanol–water partition coefficient (Wildman–Crippen LogP) is 1.29. The van der Waals surface area contributed by atoms with Crippen LogP contribution in [0.5, 0.6) is 0 Å². The van der Waals surface area contributed by atoms with Crippen LogP contribution in [0.2, 0.25) is 0 Å². The van der Waals surface area contributed by atoms with Crippen molar-refractivity contribution in [1.82, 2.24) is 0 Å². The van der Waals surface area contributed by atoms with Gasteiger partial charge < -0.3 is 15.0 Å². The summed E-state index contributed by atoms with van der Waals surface area (Å²) in [6, 6.07) is 0. The highest BCUT2D eigenvalue weighted by Gasteiger charge is 1.89. The molecule has 0 spiro atoms. The maximum absolute atomic E-state index is 10.3. The Labute approximate surface area is 109 Å². The summed E-state index contributed by atoms with van der Waals surface area (Å²) >= 11 is 0. The molecule has 2 N–H and O–H groups in total. The minimum absolute atomic E-state index is 0.190. The van der Waals surface area contributed by atoms with E-state index in [2.05, 4.69) is 6.92 Å². The summed E-state index contributed by atoms with van der Waals surface area (Å²) < 4.78 is 0. The van der Waals surface area contributed by atoms with Gasteiger partial charge in [-0.3, -0.25) is 9.59 Å². The van der Waals surface area contributed by atoms with Gasteiger partial charge >= 0.3 is 0 Å². The number of hydrogen-bond acceptors (Lipinski definition) is 5. The molecular weight excluding hydrogens is 236 g/mol. The van der Waals surface area contributed by atoms with Gasteiger partial charge in [0.2, 0.25) is 0 Å². The van der Waals surface area contributed by atoms with Gasteiger partial charge in [-0.1, -0.05) is 19.8 Å². The summed E-state index contributed by atoms with van der Waals surface area (Å²) in [6.45, 7) is 5.79. The number of ketones is 3. The van der Waals surface area contributed by atoms with Crippen LogP contribution in [0.3, 0.4) is 0 Å². The fourth-order valence-corrected chi connectivity index (χ4v) is 0.624. The molecule has 0 atom stereocenters. The first-order valence-electron chi connectivity index (χ1n) is 6.01. The molecule has 5 heteroatoms. The molecule has 0 radical (unpaired) electrons. The molecule has 0 heterocycles. The summed E-state index contributed by atoms with van der Waals surface area (Å²) in [5.74, 6) is -0.0616. The molecular formula is C13H26O5. The fourth-order valence-electron chi connectivity index (χ4n) is 0.624. The Morgan fingerprint density at radius 1 is 0.778 bits per heavy atom. The number of unbranched alkanes of at least 4 members (excludes halogenated alkanes) is 2. The number of aliphatic hydroxyl groups excluding tert-OH is 2. The topological polar surface area (TPSA) is 91.7 Å². The van der Waals surface area contributed by atoms with E-state index < -0.39 is 0 Å². The maximum atomic E-state index is 10.3. The zero-order chi connectivity index (χ0) is 15.0. The summed E-state index contributed by atoms with van der Waals surface area (Å²) in [5, 5.41) is 15.6. The SMILES string of the molecule is CC(=O)CO.CC(=O)CO.CCCCCC(C)=O. The third kappa shape index (κ3) is 46.1. The predicted molar refractivity (Wildman–Crippen MR) is 70.4 cm³/mol. The lowest BCUT2D eigenvalue weighted by atomic mass is 10.2. The zero-order valence-corrected chi connectivity index (χ0v) is 11.9. The Kier molecular flexibility index (Phi) is 22.5. The molecule has 0 unspecified atom stereocenters. The van der Waals surface area contributed by atoms with Crippen molar-refractivity contribution in [2.75, 3.05) is 13.2 Å². The number of carbonyl (C=O) groups is 3. The molecule has 0 aliphatic carbocycles. The van der Waals surface area contributed by atoms with Crippen LogP contribution in [-0.2, 0) is 14.4 Å². The first-order chi connectivity index (χ1) is 8.31. The molecule has 0 aliphatic rings. The van der Waals surface area contributed by atoms with Gasteiger partial charge in [0.1, 0.15) is 19.0 Å². The number of aliphatic hydroxyl groups is 2. The van der Waals surface area contributed by atoms with Gasteiger partial charge in [0.15, 0.2) is 11.6 Å². The highest BCUT2D eigenvalue weighted by Crippen LogP contribution is 1.98. The third-order valence-corrected chi connectivity index (χ3v) is 1.58. The van der Waals surface area contributed by atoms with E-state index in [9.17, 15) is 14.4 Å². The number of Topliss-reactive ketones (excluding diaryl/α,β-unsaturated/α-hetero) is 3. The molecule has 5 nitrogen and oxygen atoms in total. The number of hydrogen-bond donors (Lipinski definition) is 2. The van der Waals surface area contributed by atoms with Gasteiger partial charge in [0.25, 0.3) is 0 Å². The third-order valence-electron chi connectivity index (χ3n) is 1.58. The minimum Gasteiger partial charge on any atom is -0.389 e. The molecule has 0 rings (SSSR count). The van der Waals surface area contributed by atoms with E-state index in [1.807, 2.05) is 0 Å². The van der Waals surface area contributed by atoms with Crippen molar-refractivity contribution < 1.29 is 24.6 Å². The Morgan fingerprint density at radius 3 is 1.28 bits per heavy atom. The summed E-state index contributed by atoms with van der Waals surface area (Å²) in [5.41, 5.74) is 0. The van der Waals surface area contributed by atoms with Crippen molar-refractivity contribution in [2.45, 2.75) is 53.4 Å². The van der Waals surface area contributed by atoms with Gasteiger partial charge in [0.05, 0.1) is 0 Å². The maximum Gasteiger partial charge on any atom is 0.155 e. The first kappa shape index (κ1) is 22.1. The molecule has 0 aromatic heterocycles. The highest BCUT2D eigenvalue weighted by atomic mass is 16.3. The molecule has 0 saturated heterocycles. The van der Waals surface area contributed by atoms with E-state index in [1.54, 1.807) is 6.92 Å². The van der Waals surface area contributed by atoms with Gasteiger partial charge in [-0.2, -0.15) is 0 Å². The standard InChI is InChI=1S/C7H14O.2C3H6O2/c1-3-4-5-6-7(2)8;2*1-3(5)2-4/h3-6H2,1-2H3;2*4H,2H2,1H3. The van der Waals surface area contributed by atoms with Crippen LogP contribution in [0, 0.1) is 0 Å². The van der Waals surface area contributed by atoms with Crippen molar-refractivity contribution in [3.63, 3.8) is 0 Å². The van der Waals surface area contributed by atoms with E-state index >= 15 is 0 Å². The average Bonchev–Trinajstić information content (AvgIpc) is 2.30. The van der Waals surface area contributed by atoms with Crippen molar-refractivity contribution in [3.05, 3.63) is 0 Å². The summed E-state index contributed by atoms with van der Waals surface area (Å²) in [4.78, 5) is 29.4. The van der Waals surface area contributed by atoms with Gasteiger partial charge in [-0.05, 0) is 27.2 Å². The number of rotatable bonds is 6. The van der Waals surface area contributed by atoms with E-state index in [-0.39, 0.29) is 24.8 Å². The second-order valence-corrected chi connectivity index (χ2v) is 3.88. The van der Waals surface area contributed by atoms with Crippen molar-refractivity contribution in [2.24, 2.45) is 0 Å². The quantitative estimate of drug-likeness (QED) is 0.704. The minimum atomic E-state index is -0.333. The smallest absolute Gasteiger partial charge is 0.155 e. The van der Waals surface area contributed by atoms with Crippen molar-refractivity contribution in [3.8, 4) is 0 Å². The zero-order valence-electron chi connectivity index (χ0n) is 11.9. The van der Waals surface area contributed by atoms with Crippen LogP contribution in [-0.4, -0.2) is 40.8 Å². The monoisotopic (exact) mass is 262 g/mol. The van der Waals surface area contributed by atoms with E-state index in [4.69, 9.17) is 10.2 Å². The normalized spacial score (nSPS) is 8.33. The molecule has 108 valence electrons. The molecule has 0 aromatic carbocycles. The molecule has 0 bridgehead atoms. The largest absolute Gasteiger partial charge is 0.389 e. The lowest BCUT2D eigenvalue weighted by Crippen LogP contribution is -1.93. The van der Waals surface area contributed by atoms with Gasteiger partial charge in [0, 0.05) is 6.42 Å². The van der Waals surface area contributed by atoms with Crippen molar-refractivity contribution >= 4 is 17.3 Å². The summed E-state index contributed by atoms with van der Waals surface area (Å²) in [6.07, 6.45) is 4.24. The molecule has 0 fully saturated rings. The van der Waals surface area contributed by atoms with Crippen LogP contribution >= 0.6 is 0 Å². The van der Waals surface area contributed by atoms with Crippen LogP contribution in [0.15, 0.2) is 0 Å². The van der Waals surface area contributed by atoms with Gasteiger partial charge in [-0.25, -0.2) is 0 Å². The molecule has 18 heavy (non-hydrogen) atoms. The molecule has 0 aliphatic heterocycles. The molecule has 0 aromatic rings. The van der Waals surface area contributed by atoms with Crippen LogP contribution in [0.1, 0.15) is 53.4 Å². The van der Waals surface area contributed by atoms with Crippen LogP contribution < -0.4 is 0 Å². The average molecular weight is 262 g/mol. The second kappa shape index (κ2) is 18.3. The lowest BCUT2D eigenvalue weighted by molar-refractivity contribution is -0.120. The second-order valence-electron chi connectivity index (χ2n) is 3.88. The van der Waals surface area contributed by atoms with Crippen LogP contribution in [0.25, 0.3) is 0 Å². The first-order valence-corrected chi connectivity index (χ1v) is 6.01. The number of carbonyl (C=O) groups excluding carboxylic acids is 3. The Hall–Kier alpha value is -1.07. The fraction of sp³-hybridized carbons (Fsp3) is 0.769. The highest BCUT2D eigenvalue weighted by molar-refractivity contribution is 5.76. The van der Waals surface area contributed by atoms with Gasteiger partial charge in [-0.15, -0.1) is 0 Å². The Bertz CT molecular complexity index is 209. The molecule has 0 saturated carbocycles. The van der Waals surface area contributed by atoms with E-state index in [0.717, 1.165) is 12.8 Å². The van der Waals surface area contributed by atoms with E-state index in [0.29, 0.717) is 5.78 Å². The van der Waals surface area contributed by atoms with E-state index in [1.165, 1.54) is 26.7 Å². The van der Waals surface area contributed by atoms with Crippen LogP contribution in [0.4, 0.5) is 0 Å². The van der Waals surface area contributed by atoms with Crippen molar-refractivity contribution in [1.29, 1.82) is 0 Å². The lowest BCUT2D eigenvalue weighted by Gasteiger charge is -1.90. The Balaban J connectivity index is -0.000000197. The summed E-state index contributed by atoms with van der Waals surface area (Å²) in [7, 11) is 0. The molecule has 0 amide bonds. The Morgan fingerprint density at radius 2 is 1.11 bits per heavy atom.